The number of rotatable bonds is 4. The number of alkyl halides is 3. The van der Waals surface area contributed by atoms with Crippen LogP contribution < -0.4 is 5.32 Å². The van der Waals surface area contributed by atoms with Crippen LogP contribution in [0.2, 0.25) is 0 Å². The minimum absolute atomic E-state index is 0.0256. The van der Waals surface area contributed by atoms with E-state index >= 15 is 0 Å². The Morgan fingerprint density at radius 2 is 1.65 bits per heavy atom. The largest absolute Gasteiger partial charge is 0.416 e. The lowest BCUT2D eigenvalue weighted by atomic mass is 10.0. The Balaban J connectivity index is 2.06. The highest BCUT2D eigenvalue weighted by atomic mass is 19.4. The average Bonchev–Trinajstić information content (AvgIpc) is 2.85. The van der Waals surface area contributed by atoms with E-state index in [0.717, 1.165) is 17.0 Å². The van der Waals surface area contributed by atoms with Crippen LogP contribution in [0.25, 0.3) is 5.57 Å². The fourth-order valence-electron chi connectivity index (χ4n) is 2.77. The summed E-state index contributed by atoms with van der Waals surface area (Å²) in [4.78, 5) is 26.2. The van der Waals surface area contributed by atoms with Gasteiger partial charge in [0.05, 0.1) is 11.1 Å². The van der Waals surface area contributed by atoms with E-state index in [1.54, 1.807) is 37.3 Å². The van der Waals surface area contributed by atoms with Gasteiger partial charge in [-0.15, -0.1) is 0 Å². The van der Waals surface area contributed by atoms with Gasteiger partial charge in [-0.1, -0.05) is 36.4 Å². The fraction of sp³-hybridized carbons (Fsp3) is 0.158. The first kappa shape index (κ1) is 17.7. The van der Waals surface area contributed by atoms with E-state index in [-0.39, 0.29) is 23.5 Å². The summed E-state index contributed by atoms with van der Waals surface area (Å²) in [5, 5.41) is 2.71. The van der Waals surface area contributed by atoms with Crippen molar-refractivity contribution in [2.75, 3.05) is 11.9 Å². The maximum Gasteiger partial charge on any atom is 0.416 e. The van der Waals surface area contributed by atoms with Crippen molar-refractivity contribution < 1.29 is 22.8 Å². The van der Waals surface area contributed by atoms with Crippen molar-refractivity contribution in [3.63, 3.8) is 0 Å². The highest BCUT2D eigenvalue weighted by Crippen LogP contribution is 2.33. The van der Waals surface area contributed by atoms with Crippen molar-refractivity contribution in [1.29, 1.82) is 0 Å². The van der Waals surface area contributed by atoms with Gasteiger partial charge in [-0.05, 0) is 30.7 Å². The topological polar surface area (TPSA) is 49.4 Å². The number of amides is 2. The van der Waals surface area contributed by atoms with Crippen molar-refractivity contribution >= 4 is 23.1 Å². The molecular formula is C19H15F3N2O2. The van der Waals surface area contributed by atoms with Gasteiger partial charge in [-0.25, -0.2) is 0 Å². The molecule has 0 spiro atoms. The smallest absolute Gasteiger partial charge is 0.350 e. The molecule has 0 unspecified atom stereocenters. The molecule has 2 aromatic rings. The maximum atomic E-state index is 12.9. The van der Waals surface area contributed by atoms with E-state index in [9.17, 15) is 22.8 Å². The molecule has 0 fully saturated rings. The predicted molar refractivity (Wildman–Crippen MR) is 90.8 cm³/mol. The minimum atomic E-state index is -4.50. The Kier molecular flexibility index (Phi) is 4.54. The molecule has 0 saturated heterocycles. The zero-order valence-corrected chi connectivity index (χ0v) is 13.8. The van der Waals surface area contributed by atoms with E-state index < -0.39 is 23.6 Å². The molecule has 7 heteroatoms. The van der Waals surface area contributed by atoms with E-state index in [2.05, 4.69) is 5.32 Å². The number of imide groups is 1. The minimum Gasteiger partial charge on any atom is -0.350 e. The second kappa shape index (κ2) is 6.67. The molecule has 0 atom stereocenters. The molecule has 0 bridgehead atoms. The van der Waals surface area contributed by atoms with Crippen LogP contribution in [0.1, 0.15) is 18.1 Å². The van der Waals surface area contributed by atoms with Gasteiger partial charge < -0.3 is 5.32 Å². The molecule has 0 aromatic heterocycles. The molecule has 26 heavy (non-hydrogen) atoms. The number of benzene rings is 2. The lowest BCUT2D eigenvalue weighted by Crippen LogP contribution is -2.32. The van der Waals surface area contributed by atoms with Crippen molar-refractivity contribution in [3.8, 4) is 0 Å². The lowest BCUT2D eigenvalue weighted by molar-refractivity contribution is -0.138. The third-order valence-electron chi connectivity index (χ3n) is 4.01. The molecule has 1 heterocycles. The molecule has 134 valence electrons. The Labute approximate surface area is 147 Å². The van der Waals surface area contributed by atoms with Gasteiger partial charge in [0, 0.05) is 12.2 Å². The van der Waals surface area contributed by atoms with E-state index in [0.29, 0.717) is 5.56 Å². The fourth-order valence-corrected chi connectivity index (χ4v) is 2.77. The molecule has 1 N–H and O–H groups in total. The van der Waals surface area contributed by atoms with Crippen LogP contribution >= 0.6 is 0 Å². The van der Waals surface area contributed by atoms with Gasteiger partial charge in [0.1, 0.15) is 5.70 Å². The molecule has 0 radical (unpaired) electrons. The summed E-state index contributed by atoms with van der Waals surface area (Å²) >= 11 is 0. The van der Waals surface area contributed by atoms with Gasteiger partial charge in [-0.3, -0.25) is 14.5 Å². The van der Waals surface area contributed by atoms with E-state index in [1.165, 1.54) is 12.1 Å². The molecule has 0 saturated carbocycles. The summed E-state index contributed by atoms with van der Waals surface area (Å²) in [6, 6.07) is 13.1. The van der Waals surface area contributed by atoms with Crippen LogP contribution in [0.5, 0.6) is 0 Å². The van der Waals surface area contributed by atoms with Crippen LogP contribution in [0, 0.1) is 0 Å². The van der Waals surface area contributed by atoms with Crippen LogP contribution in [0.3, 0.4) is 0 Å². The Morgan fingerprint density at radius 3 is 2.27 bits per heavy atom. The van der Waals surface area contributed by atoms with Crippen LogP contribution in [-0.2, 0) is 15.8 Å². The average molecular weight is 360 g/mol. The molecule has 1 aliphatic rings. The van der Waals surface area contributed by atoms with Gasteiger partial charge >= 0.3 is 6.18 Å². The van der Waals surface area contributed by atoms with Crippen LogP contribution in [-0.4, -0.2) is 23.3 Å². The molecule has 1 aliphatic heterocycles. The summed E-state index contributed by atoms with van der Waals surface area (Å²) in [6.07, 6.45) is -4.50. The highest BCUT2D eigenvalue weighted by Gasteiger charge is 2.38. The first-order chi connectivity index (χ1) is 12.3. The van der Waals surface area contributed by atoms with Gasteiger partial charge in [-0.2, -0.15) is 13.2 Å². The third kappa shape index (κ3) is 3.20. The Morgan fingerprint density at radius 1 is 0.962 bits per heavy atom. The summed E-state index contributed by atoms with van der Waals surface area (Å²) in [5.41, 5.74) is -0.107. The summed E-state index contributed by atoms with van der Waals surface area (Å²) < 4.78 is 38.7. The van der Waals surface area contributed by atoms with Crippen molar-refractivity contribution in [1.82, 2.24) is 4.90 Å². The maximum absolute atomic E-state index is 12.9. The van der Waals surface area contributed by atoms with E-state index in [4.69, 9.17) is 0 Å². The van der Waals surface area contributed by atoms with Crippen molar-refractivity contribution in [2.45, 2.75) is 13.1 Å². The third-order valence-corrected chi connectivity index (χ3v) is 4.01. The zero-order chi connectivity index (χ0) is 18.9. The predicted octanol–water partition coefficient (Wildman–Crippen LogP) is 3.92. The van der Waals surface area contributed by atoms with Crippen molar-refractivity contribution in [2.24, 2.45) is 0 Å². The standard InChI is InChI=1S/C19H15F3N2O2/c1-2-24-17(25)15(12-7-4-3-5-8-12)16(18(24)26)23-14-10-6-9-13(11-14)19(20,21)22/h3-11,23H,2H2,1H3. The van der Waals surface area contributed by atoms with Crippen LogP contribution in [0.15, 0.2) is 60.3 Å². The summed E-state index contributed by atoms with van der Waals surface area (Å²) in [6.45, 7) is 1.83. The number of nitrogens with zero attached hydrogens (tertiary/aromatic N) is 1. The number of hydrogen-bond donors (Lipinski definition) is 1. The summed E-state index contributed by atoms with van der Waals surface area (Å²) in [5.74, 6) is -1.04. The number of likely N-dealkylation sites (N-methyl/N-ethyl adjacent to an activating group) is 1. The molecule has 3 rings (SSSR count). The van der Waals surface area contributed by atoms with Crippen LogP contribution in [0.4, 0.5) is 18.9 Å². The number of nitrogens with one attached hydrogen (secondary N) is 1. The Hall–Kier alpha value is -3.09. The number of anilines is 1. The molecule has 2 aromatic carbocycles. The molecule has 2 amide bonds. The van der Waals surface area contributed by atoms with Gasteiger partial charge in [0.15, 0.2) is 0 Å². The molecular weight excluding hydrogens is 345 g/mol. The summed E-state index contributed by atoms with van der Waals surface area (Å²) in [7, 11) is 0. The van der Waals surface area contributed by atoms with E-state index in [1.807, 2.05) is 0 Å². The zero-order valence-electron chi connectivity index (χ0n) is 13.8. The number of carbonyl (C=O) groups is 2. The highest BCUT2D eigenvalue weighted by molar-refractivity contribution is 6.36. The quantitative estimate of drug-likeness (QED) is 0.841. The second-order valence-electron chi connectivity index (χ2n) is 5.67. The normalized spacial score (nSPS) is 15.0. The SMILES string of the molecule is CCN1C(=O)C(Nc2cccc(C(F)(F)F)c2)=C(c2ccccc2)C1=O. The lowest BCUT2D eigenvalue weighted by Gasteiger charge is -2.13. The molecule has 4 nitrogen and oxygen atoms in total. The monoisotopic (exact) mass is 360 g/mol. The first-order valence-corrected chi connectivity index (χ1v) is 7.93. The number of halogens is 3. The number of hydrogen-bond acceptors (Lipinski definition) is 3. The number of carbonyl (C=O) groups excluding carboxylic acids is 2. The Bertz CT molecular complexity index is 889. The van der Waals surface area contributed by atoms with Gasteiger partial charge in [0.2, 0.25) is 0 Å². The van der Waals surface area contributed by atoms with Crippen molar-refractivity contribution in [3.05, 3.63) is 71.4 Å². The first-order valence-electron chi connectivity index (χ1n) is 7.93. The second-order valence-corrected chi connectivity index (χ2v) is 5.67. The van der Waals surface area contributed by atoms with Gasteiger partial charge in [0.25, 0.3) is 11.8 Å². The molecule has 0 aliphatic carbocycles.